The first-order valence-corrected chi connectivity index (χ1v) is 5.94. The molecule has 1 heterocycles. The van der Waals surface area contributed by atoms with E-state index in [1.165, 1.54) is 20.5 Å². The highest BCUT2D eigenvalue weighted by Gasteiger charge is 2.28. The molecule has 0 aliphatic rings. The highest BCUT2D eigenvalue weighted by atomic mass is 31.2. The predicted octanol–water partition coefficient (Wildman–Crippen LogP) is 2.54. The van der Waals surface area contributed by atoms with Gasteiger partial charge in [0, 0.05) is 19.6 Å². The van der Waals surface area contributed by atoms with Crippen molar-refractivity contribution in [1.29, 1.82) is 0 Å². The minimum Gasteiger partial charge on any atom is -0.463 e. The average Bonchev–Trinajstić information content (AvgIpc) is 2.72. The van der Waals surface area contributed by atoms with Gasteiger partial charge in [0.15, 0.2) is 0 Å². The number of hydrogen-bond donors (Lipinski definition) is 0. The fraction of sp³-hybridized carbons (Fsp3) is 0.200. The molecule has 0 bridgehead atoms. The largest absolute Gasteiger partial charge is 0.463 e. The van der Waals surface area contributed by atoms with E-state index in [2.05, 4.69) is 0 Å². The van der Waals surface area contributed by atoms with Crippen LogP contribution >= 0.6 is 7.60 Å². The van der Waals surface area contributed by atoms with Crippen LogP contribution in [0.4, 0.5) is 0 Å². The van der Waals surface area contributed by atoms with Gasteiger partial charge in [-0.15, -0.1) is 0 Å². The first-order chi connectivity index (χ1) is 7.21. The third-order valence-corrected chi connectivity index (χ3v) is 4.13. The molecule has 15 heavy (non-hydrogen) atoms. The second-order valence-corrected chi connectivity index (χ2v) is 5.19. The summed E-state index contributed by atoms with van der Waals surface area (Å²) in [4.78, 5) is 0. The van der Waals surface area contributed by atoms with Crippen molar-refractivity contribution >= 4 is 23.9 Å². The Kier molecular flexibility index (Phi) is 2.65. The number of hydrogen-bond acceptors (Lipinski definition) is 4. The zero-order valence-corrected chi connectivity index (χ0v) is 9.36. The Hall–Kier alpha value is -1.09. The Bertz CT molecular complexity index is 509. The lowest BCUT2D eigenvalue weighted by atomic mass is 10.3. The van der Waals surface area contributed by atoms with Crippen molar-refractivity contribution in [2.24, 2.45) is 0 Å². The van der Waals surface area contributed by atoms with Crippen LogP contribution in [0.3, 0.4) is 0 Å². The zero-order valence-electron chi connectivity index (χ0n) is 8.47. The standard InChI is InChI=1S/C10H11O4P/c1-12-15(11,13-2)10-7-14-9-6-4-3-5-8(9)10/h3-7H,1-2H3. The van der Waals surface area contributed by atoms with Gasteiger partial charge in [-0.25, -0.2) is 0 Å². The minimum absolute atomic E-state index is 0.461. The first kappa shape index (κ1) is 10.4. The molecule has 1 aromatic carbocycles. The lowest BCUT2D eigenvalue weighted by Crippen LogP contribution is -2.05. The molecule has 1 aromatic heterocycles. The van der Waals surface area contributed by atoms with Crippen molar-refractivity contribution in [3.05, 3.63) is 30.5 Å². The third-order valence-electron chi connectivity index (χ3n) is 2.24. The monoisotopic (exact) mass is 226 g/mol. The van der Waals surface area contributed by atoms with Crippen molar-refractivity contribution < 1.29 is 18.0 Å². The molecule has 0 unspecified atom stereocenters. The Labute approximate surface area is 87.3 Å². The van der Waals surface area contributed by atoms with E-state index in [0.717, 1.165) is 5.39 Å². The Morgan fingerprint density at radius 2 is 1.87 bits per heavy atom. The van der Waals surface area contributed by atoms with E-state index in [1.807, 2.05) is 18.2 Å². The van der Waals surface area contributed by atoms with Gasteiger partial charge in [-0.2, -0.15) is 0 Å². The van der Waals surface area contributed by atoms with Crippen LogP contribution in [0.25, 0.3) is 11.0 Å². The van der Waals surface area contributed by atoms with E-state index in [4.69, 9.17) is 13.5 Å². The van der Waals surface area contributed by atoms with E-state index >= 15 is 0 Å². The topological polar surface area (TPSA) is 48.7 Å². The van der Waals surface area contributed by atoms with Crippen LogP contribution in [0.15, 0.2) is 34.9 Å². The molecule has 0 fully saturated rings. The van der Waals surface area contributed by atoms with Gasteiger partial charge in [0.25, 0.3) is 0 Å². The van der Waals surface area contributed by atoms with Crippen LogP contribution in [-0.2, 0) is 13.6 Å². The molecule has 5 heteroatoms. The SMILES string of the molecule is COP(=O)(OC)c1coc2ccccc12. The number of rotatable bonds is 3. The quantitative estimate of drug-likeness (QED) is 0.754. The van der Waals surface area contributed by atoms with Crippen LogP contribution in [0.5, 0.6) is 0 Å². The molecule has 0 N–H and O–H groups in total. The maximum Gasteiger partial charge on any atom is 0.364 e. The van der Waals surface area contributed by atoms with Crippen molar-refractivity contribution in [3.63, 3.8) is 0 Å². The fourth-order valence-electron chi connectivity index (χ4n) is 1.45. The summed E-state index contributed by atoms with van der Waals surface area (Å²) >= 11 is 0. The Morgan fingerprint density at radius 3 is 2.53 bits per heavy atom. The molecule has 2 aromatic rings. The minimum atomic E-state index is -3.22. The van der Waals surface area contributed by atoms with Crippen LogP contribution in [0.1, 0.15) is 0 Å². The lowest BCUT2D eigenvalue weighted by Gasteiger charge is -2.11. The summed E-state index contributed by atoms with van der Waals surface area (Å²) in [6.45, 7) is 0. The molecule has 0 amide bonds. The van der Waals surface area contributed by atoms with Gasteiger partial charge >= 0.3 is 7.60 Å². The summed E-state index contributed by atoms with van der Waals surface area (Å²) in [6.07, 6.45) is 1.42. The van der Waals surface area contributed by atoms with Gasteiger partial charge in [-0.3, -0.25) is 4.57 Å². The van der Waals surface area contributed by atoms with Crippen LogP contribution < -0.4 is 5.30 Å². The van der Waals surface area contributed by atoms with Gasteiger partial charge < -0.3 is 13.5 Å². The normalized spacial score (nSPS) is 12.1. The molecule has 0 aliphatic carbocycles. The van der Waals surface area contributed by atoms with E-state index in [9.17, 15) is 4.57 Å². The molecule has 0 saturated carbocycles. The summed E-state index contributed by atoms with van der Waals surface area (Å²) in [5, 5.41) is 1.22. The van der Waals surface area contributed by atoms with Crippen molar-refractivity contribution in [2.75, 3.05) is 14.2 Å². The van der Waals surface area contributed by atoms with E-state index in [1.54, 1.807) is 6.07 Å². The van der Waals surface area contributed by atoms with Crippen molar-refractivity contribution in [2.45, 2.75) is 0 Å². The van der Waals surface area contributed by atoms with Crippen LogP contribution in [0.2, 0.25) is 0 Å². The van der Waals surface area contributed by atoms with Gasteiger partial charge in [0.05, 0.1) is 0 Å². The molecule has 0 radical (unpaired) electrons. The highest BCUT2D eigenvalue weighted by Crippen LogP contribution is 2.47. The molecular formula is C10H11O4P. The number of fused-ring (bicyclic) bond motifs is 1. The number of benzene rings is 1. The second kappa shape index (κ2) is 3.81. The summed E-state index contributed by atoms with van der Waals surface area (Å²) in [7, 11) is -0.519. The number of furan rings is 1. The Morgan fingerprint density at radius 1 is 1.20 bits per heavy atom. The van der Waals surface area contributed by atoms with Gasteiger partial charge in [0.2, 0.25) is 0 Å². The lowest BCUT2D eigenvalue weighted by molar-refractivity contribution is 0.287. The van der Waals surface area contributed by atoms with Gasteiger partial charge in [0.1, 0.15) is 17.2 Å². The smallest absolute Gasteiger partial charge is 0.364 e. The molecule has 80 valence electrons. The number of para-hydroxylation sites is 1. The Balaban J connectivity index is 2.67. The molecular weight excluding hydrogens is 215 g/mol. The van der Waals surface area contributed by atoms with Crippen molar-refractivity contribution in [1.82, 2.24) is 0 Å². The first-order valence-electron chi connectivity index (χ1n) is 4.39. The zero-order chi connectivity index (χ0) is 10.9. The van der Waals surface area contributed by atoms with E-state index in [0.29, 0.717) is 10.9 Å². The molecule has 0 saturated heterocycles. The second-order valence-electron chi connectivity index (χ2n) is 2.98. The molecule has 0 spiro atoms. The highest BCUT2D eigenvalue weighted by molar-refractivity contribution is 7.62. The van der Waals surface area contributed by atoms with Gasteiger partial charge in [-0.1, -0.05) is 18.2 Å². The maximum absolute atomic E-state index is 12.1. The van der Waals surface area contributed by atoms with Crippen LogP contribution in [-0.4, -0.2) is 14.2 Å². The summed E-state index contributed by atoms with van der Waals surface area (Å²) in [5.74, 6) is 0. The van der Waals surface area contributed by atoms with Gasteiger partial charge in [-0.05, 0) is 6.07 Å². The third kappa shape index (κ3) is 1.61. The van der Waals surface area contributed by atoms with E-state index < -0.39 is 7.60 Å². The molecule has 0 aliphatic heterocycles. The van der Waals surface area contributed by atoms with Crippen molar-refractivity contribution in [3.8, 4) is 0 Å². The molecule has 0 atom stereocenters. The molecule has 2 rings (SSSR count). The maximum atomic E-state index is 12.1. The summed E-state index contributed by atoms with van der Waals surface area (Å²) in [6, 6.07) is 7.31. The van der Waals surface area contributed by atoms with E-state index in [-0.39, 0.29) is 0 Å². The molecule has 4 nitrogen and oxygen atoms in total. The summed E-state index contributed by atoms with van der Waals surface area (Å²) in [5.41, 5.74) is 0.668. The van der Waals surface area contributed by atoms with Crippen LogP contribution in [0, 0.1) is 0 Å². The average molecular weight is 226 g/mol. The fourth-order valence-corrected chi connectivity index (χ4v) is 2.65. The summed E-state index contributed by atoms with van der Waals surface area (Å²) < 4.78 is 27.2. The predicted molar refractivity (Wildman–Crippen MR) is 57.5 cm³/mol.